The van der Waals surface area contributed by atoms with Crippen molar-refractivity contribution in [2.45, 2.75) is 39.3 Å². The number of piperazine rings is 1. The first-order valence-corrected chi connectivity index (χ1v) is 12.9. The van der Waals surface area contributed by atoms with E-state index in [0.29, 0.717) is 0 Å². The van der Waals surface area contributed by atoms with E-state index in [4.69, 9.17) is 14.9 Å². The smallest absolute Gasteiger partial charge is 0.475 e. The highest BCUT2D eigenvalue weighted by atomic mass is 19.4. The third-order valence-electron chi connectivity index (χ3n) is 7.08. The van der Waals surface area contributed by atoms with Crippen molar-refractivity contribution in [2.24, 2.45) is 0 Å². The van der Waals surface area contributed by atoms with E-state index in [1.54, 1.807) is 0 Å². The van der Waals surface area contributed by atoms with Crippen LogP contribution >= 0.6 is 0 Å². The molecule has 9 nitrogen and oxygen atoms in total. The van der Waals surface area contributed by atoms with Gasteiger partial charge in [0.1, 0.15) is 12.1 Å². The summed E-state index contributed by atoms with van der Waals surface area (Å²) in [7, 11) is 0. The molecule has 2 fully saturated rings. The Morgan fingerprint density at radius 2 is 1.55 bits per heavy atom. The van der Waals surface area contributed by atoms with Crippen molar-refractivity contribution in [2.75, 3.05) is 57.3 Å². The lowest BCUT2D eigenvalue weighted by Gasteiger charge is -2.35. The molecule has 0 spiro atoms. The van der Waals surface area contributed by atoms with E-state index in [2.05, 4.69) is 55.2 Å². The Labute approximate surface area is 219 Å². The van der Waals surface area contributed by atoms with Crippen LogP contribution in [0.5, 0.6) is 0 Å². The van der Waals surface area contributed by atoms with Gasteiger partial charge in [-0.1, -0.05) is 0 Å². The maximum atomic E-state index is 10.6. The van der Waals surface area contributed by atoms with E-state index in [-0.39, 0.29) is 0 Å². The van der Waals surface area contributed by atoms with Gasteiger partial charge in [0.2, 0.25) is 5.95 Å². The highest BCUT2D eigenvalue weighted by Crippen LogP contribution is 2.22. The van der Waals surface area contributed by atoms with Gasteiger partial charge in [0.05, 0.1) is 11.0 Å². The molecule has 4 heterocycles. The first kappa shape index (κ1) is 27.8. The first-order valence-electron chi connectivity index (χ1n) is 12.9. The number of likely N-dealkylation sites (tertiary alicyclic amines) is 1. The molecule has 2 aliphatic rings. The third kappa shape index (κ3) is 6.98. The summed E-state index contributed by atoms with van der Waals surface area (Å²) < 4.78 is 33.8. The lowest BCUT2D eigenvalue weighted by molar-refractivity contribution is -0.192. The first-order chi connectivity index (χ1) is 18.1. The Hall–Kier alpha value is -3.25. The highest BCUT2D eigenvalue weighted by Gasteiger charge is 2.38. The van der Waals surface area contributed by atoms with Gasteiger partial charge in [-0.05, 0) is 88.6 Å². The average molecular weight is 534 g/mol. The minimum atomic E-state index is -5.08. The topological polar surface area (TPSA) is 90.6 Å². The van der Waals surface area contributed by atoms with E-state index in [9.17, 15) is 13.2 Å². The largest absolute Gasteiger partial charge is 0.490 e. The molecule has 0 saturated carbocycles. The quantitative estimate of drug-likeness (QED) is 0.514. The number of aryl methyl sites for hydroxylation is 2. The number of aliphatic carboxylic acids is 1. The van der Waals surface area contributed by atoms with Gasteiger partial charge in [0, 0.05) is 32.4 Å². The van der Waals surface area contributed by atoms with E-state index in [1.807, 2.05) is 18.6 Å². The molecule has 5 rings (SSSR count). The molecule has 12 heteroatoms. The number of aromatic nitrogens is 4. The number of alkyl halides is 3. The maximum absolute atomic E-state index is 10.6. The Kier molecular flexibility index (Phi) is 8.83. The van der Waals surface area contributed by atoms with Crippen LogP contribution in [0.1, 0.15) is 30.4 Å². The van der Waals surface area contributed by atoms with Crippen LogP contribution in [-0.4, -0.2) is 98.9 Å². The van der Waals surface area contributed by atoms with Crippen LogP contribution in [0.2, 0.25) is 0 Å². The van der Waals surface area contributed by atoms with Crippen LogP contribution in [0.15, 0.2) is 30.7 Å². The number of benzene rings is 1. The Morgan fingerprint density at radius 1 is 0.947 bits per heavy atom. The van der Waals surface area contributed by atoms with Crippen molar-refractivity contribution in [1.82, 2.24) is 29.3 Å². The van der Waals surface area contributed by atoms with Crippen LogP contribution < -0.4 is 4.90 Å². The zero-order valence-electron chi connectivity index (χ0n) is 21.8. The second-order valence-corrected chi connectivity index (χ2v) is 9.79. The number of halogens is 3. The highest BCUT2D eigenvalue weighted by molar-refractivity contribution is 5.79. The fraction of sp³-hybridized carbons (Fsp3) is 0.538. The van der Waals surface area contributed by atoms with Crippen molar-refractivity contribution in [3.05, 3.63) is 41.9 Å². The minimum Gasteiger partial charge on any atom is -0.475 e. The van der Waals surface area contributed by atoms with E-state index < -0.39 is 12.1 Å². The molecule has 1 aromatic carbocycles. The number of anilines is 1. The second kappa shape index (κ2) is 12.1. The summed E-state index contributed by atoms with van der Waals surface area (Å²) in [4.78, 5) is 30.5. The van der Waals surface area contributed by atoms with Gasteiger partial charge >= 0.3 is 12.1 Å². The minimum absolute atomic E-state index is 0.819. The Balaban J connectivity index is 0.000000426. The number of nitrogens with zero attached hydrogens (tertiary/aromatic N) is 7. The molecule has 0 radical (unpaired) electrons. The predicted molar refractivity (Wildman–Crippen MR) is 139 cm³/mol. The summed E-state index contributed by atoms with van der Waals surface area (Å²) in [6.45, 7) is 13.4. The Bertz CT molecular complexity index is 1230. The molecule has 1 N–H and O–H groups in total. The van der Waals surface area contributed by atoms with Crippen molar-refractivity contribution in [1.29, 1.82) is 0 Å². The summed E-state index contributed by atoms with van der Waals surface area (Å²) >= 11 is 0. The van der Waals surface area contributed by atoms with Crippen molar-refractivity contribution in [3.8, 4) is 5.82 Å². The zero-order valence-corrected chi connectivity index (χ0v) is 21.8. The van der Waals surface area contributed by atoms with Gasteiger partial charge in [0.15, 0.2) is 0 Å². The molecule has 2 saturated heterocycles. The Morgan fingerprint density at radius 3 is 2.18 bits per heavy atom. The van der Waals surface area contributed by atoms with Gasteiger partial charge < -0.3 is 14.9 Å². The van der Waals surface area contributed by atoms with Gasteiger partial charge in [-0.3, -0.25) is 9.47 Å². The van der Waals surface area contributed by atoms with Crippen molar-refractivity contribution in [3.63, 3.8) is 0 Å². The second-order valence-electron chi connectivity index (χ2n) is 9.79. The van der Waals surface area contributed by atoms with Crippen molar-refractivity contribution < 1.29 is 23.1 Å². The van der Waals surface area contributed by atoms with Crippen LogP contribution in [-0.2, 0) is 4.79 Å². The summed E-state index contributed by atoms with van der Waals surface area (Å²) in [6.07, 6.45) is 2.69. The molecule has 38 heavy (non-hydrogen) atoms. The van der Waals surface area contributed by atoms with Gasteiger partial charge in [-0.2, -0.15) is 18.2 Å². The SMILES string of the molecule is Cc1cc2ncn(-c3ccnc(N4CCN(CCCN5CCCC5)CC4)n3)c2cc1C.O=C(O)C(F)(F)F. The fourth-order valence-electron chi connectivity index (χ4n) is 4.77. The average Bonchev–Trinajstić information content (AvgIpc) is 3.55. The van der Waals surface area contributed by atoms with Crippen LogP contribution in [0.25, 0.3) is 16.9 Å². The predicted octanol–water partition coefficient (Wildman–Crippen LogP) is 3.67. The lowest BCUT2D eigenvalue weighted by Crippen LogP contribution is -2.47. The van der Waals surface area contributed by atoms with Crippen LogP contribution in [0, 0.1) is 13.8 Å². The molecule has 2 aliphatic heterocycles. The van der Waals surface area contributed by atoms with E-state index in [1.165, 1.54) is 56.6 Å². The van der Waals surface area contributed by atoms with Crippen molar-refractivity contribution >= 4 is 23.0 Å². The summed E-state index contributed by atoms with van der Waals surface area (Å²) in [5.74, 6) is -1.06. The maximum Gasteiger partial charge on any atom is 0.490 e. The fourth-order valence-corrected chi connectivity index (χ4v) is 4.77. The standard InChI is InChI=1S/C24H33N7.C2HF3O2/c1-19-16-21-22(17-20(19)2)31(18-26-21)23-6-7-25-24(27-23)30-14-12-29(13-15-30)11-5-10-28-8-3-4-9-28;3-2(4,5)1(6)7/h6-7,16-18H,3-5,8-15H2,1-2H3;(H,6,7). The normalized spacial score (nSPS) is 17.0. The van der Waals surface area contributed by atoms with E-state index in [0.717, 1.165) is 49.0 Å². The molecule has 0 aliphatic carbocycles. The van der Waals surface area contributed by atoms with Gasteiger partial charge in [-0.15, -0.1) is 0 Å². The molecule has 206 valence electrons. The number of fused-ring (bicyclic) bond motifs is 1. The number of carboxylic acid groups (broad SMARTS) is 1. The number of hydrogen-bond donors (Lipinski definition) is 1. The lowest BCUT2D eigenvalue weighted by atomic mass is 10.1. The molecular formula is C26H34F3N7O2. The number of imidazole rings is 1. The zero-order chi connectivity index (χ0) is 27.3. The molecule has 0 amide bonds. The summed E-state index contributed by atoms with van der Waals surface area (Å²) in [5.41, 5.74) is 4.63. The summed E-state index contributed by atoms with van der Waals surface area (Å²) in [5, 5.41) is 7.12. The van der Waals surface area contributed by atoms with Gasteiger partial charge in [0.25, 0.3) is 0 Å². The monoisotopic (exact) mass is 533 g/mol. The number of carbonyl (C=O) groups is 1. The number of hydrogen-bond acceptors (Lipinski definition) is 7. The summed E-state index contributed by atoms with van der Waals surface area (Å²) in [6, 6.07) is 6.31. The molecular weight excluding hydrogens is 499 g/mol. The molecule has 0 unspecified atom stereocenters. The van der Waals surface area contributed by atoms with Crippen LogP contribution in [0.4, 0.5) is 19.1 Å². The molecule has 0 atom stereocenters. The molecule has 2 aromatic heterocycles. The number of rotatable bonds is 6. The third-order valence-corrected chi connectivity index (χ3v) is 7.08. The molecule has 0 bridgehead atoms. The van der Waals surface area contributed by atoms with E-state index >= 15 is 0 Å². The molecule has 3 aromatic rings. The van der Waals surface area contributed by atoms with Gasteiger partial charge in [-0.25, -0.2) is 14.8 Å². The number of carboxylic acids is 1. The van der Waals surface area contributed by atoms with Crippen LogP contribution in [0.3, 0.4) is 0 Å².